The molecule has 3 heterocycles. The van der Waals surface area contributed by atoms with E-state index in [4.69, 9.17) is 9.72 Å². The third-order valence-corrected chi connectivity index (χ3v) is 6.51. The zero-order valence-corrected chi connectivity index (χ0v) is 20.6. The van der Waals surface area contributed by atoms with Crippen molar-refractivity contribution < 1.29 is 4.74 Å². The molecule has 0 bridgehead atoms. The monoisotopic (exact) mass is 469 g/mol. The van der Waals surface area contributed by atoms with Crippen LogP contribution in [0.25, 0.3) is 38.8 Å². The molecule has 6 rings (SSSR count). The summed E-state index contributed by atoms with van der Waals surface area (Å²) in [5, 5.41) is 2.43. The SMILES string of the molecule is CC(C)(C)c1cccnc1-n1c2ccccc2c2ccc(-c3cccc(Oc4ccccn4)c3)cc21. The van der Waals surface area contributed by atoms with Gasteiger partial charge in [-0.1, -0.05) is 75.4 Å². The highest BCUT2D eigenvalue weighted by molar-refractivity contribution is 6.10. The molecule has 36 heavy (non-hydrogen) atoms. The summed E-state index contributed by atoms with van der Waals surface area (Å²) in [5.41, 5.74) is 5.65. The lowest BCUT2D eigenvalue weighted by Crippen LogP contribution is -2.16. The predicted molar refractivity (Wildman–Crippen MR) is 147 cm³/mol. The number of rotatable bonds is 4. The van der Waals surface area contributed by atoms with Crippen LogP contribution in [0.15, 0.2) is 109 Å². The van der Waals surface area contributed by atoms with Crippen molar-refractivity contribution in [1.29, 1.82) is 0 Å². The minimum absolute atomic E-state index is 0.0456. The van der Waals surface area contributed by atoms with Crippen molar-refractivity contribution in [2.75, 3.05) is 0 Å². The number of benzene rings is 3. The largest absolute Gasteiger partial charge is 0.439 e. The van der Waals surface area contributed by atoms with E-state index >= 15 is 0 Å². The average Bonchev–Trinajstić information content (AvgIpc) is 3.22. The molecule has 4 heteroatoms. The molecular formula is C32H27N3O. The van der Waals surface area contributed by atoms with Crippen molar-refractivity contribution in [1.82, 2.24) is 14.5 Å². The van der Waals surface area contributed by atoms with Crippen LogP contribution >= 0.6 is 0 Å². The number of pyridine rings is 2. The number of hydrogen-bond donors (Lipinski definition) is 0. The maximum atomic E-state index is 6.00. The van der Waals surface area contributed by atoms with E-state index in [-0.39, 0.29) is 5.41 Å². The van der Waals surface area contributed by atoms with Crippen molar-refractivity contribution in [3.8, 4) is 28.6 Å². The fourth-order valence-electron chi connectivity index (χ4n) is 4.81. The topological polar surface area (TPSA) is 39.9 Å². The maximum absolute atomic E-state index is 6.00. The summed E-state index contributed by atoms with van der Waals surface area (Å²) in [4.78, 5) is 9.17. The van der Waals surface area contributed by atoms with Crippen molar-refractivity contribution in [2.45, 2.75) is 26.2 Å². The first-order valence-electron chi connectivity index (χ1n) is 12.2. The van der Waals surface area contributed by atoms with Gasteiger partial charge in [-0.25, -0.2) is 9.97 Å². The second-order valence-corrected chi connectivity index (χ2v) is 10.0. The van der Waals surface area contributed by atoms with Crippen molar-refractivity contribution >= 4 is 21.8 Å². The van der Waals surface area contributed by atoms with Crippen LogP contribution in [-0.4, -0.2) is 14.5 Å². The highest BCUT2D eigenvalue weighted by Gasteiger charge is 2.22. The van der Waals surface area contributed by atoms with Gasteiger partial charge < -0.3 is 4.74 Å². The van der Waals surface area contributed by atoms with Crippen molar-refractivity contribution in [3.05, 3.63) is 115 Å². The Balaban J connectivity index is 1.54. The molecule has 0 aliphatic heterocycles. The molecule has 0 amide bonds. The fourth-order valence-corrected chi connectivity index (χ4v) is 4.81. The van der Waals surface area contributed by atoms with Crippen LogP contribution in [-0.2, 0) is 5.41 Å². The Labute approximate surface area is 210 Å². The molecule has 0 saturated carbocycles. The lowest BCUT2D eigenvalue weighted by atomic mass is 9.87. The van der Waals surface area contributed by atoms with Gasteiger partial charge in [-0.15, -0.1) is 0 Å². The normalized spacial score (nSPS) is 11.8. The first kappa shape index (κ1) is 22.1. The zero-order chi connectivity index (χ0) is 24.7. The summed E-state index contributed by atoms with van der Waals surface area (Å²) in [5.74, 6) is 2.31. The Bertz CT molecular complexity index is 1690. The molecule has 0 spiro atoms. The van der Waals surface area contributed by atoms with Crippen LogP contribution in [0.1, 0.15) is 26.3 Å². The summed E-state index contributed by atoms with van der Waals surface area (Å²) in [7, 11) is 0. The van der Waals surface area contributed by atoms with Gasteiger partial charge in [0.15, 0.2) is 0 Å². The highest BCUT2D eigenvalue weighted by Crippen LogP contribution is 2.37. The quantitative estimate of drug-likeness (QED) is 0.260. The number of hydrogen-bond acceptors (Lipinski definition) is 3. The maximum Gasteiger partial charge on any atom is 0.219 e. The molecule has 0 radical (unpaired) electrons. The Kier molecular flexibility index (Phi) is 5.30. The number of aromatic nitrogens is 3. The van der Waals surface area contributed by atoms with Gasteiger partial charge in [0.05, 0.1) is 11.0 Å². The molecule has 0 fully saturated rings. The fraction of sp³-hybridized carbons (Fsp3) is 0.125. The van der Waals surface area contributed by atoms with Crippen molar-refractivity contribution in [3.63, 3.8) is 0 Å². The van der Waals surface area contributed by atoms with Crippen LogP contribution < -0.4 is 4.74 Å². The van der Waals surface area contributed by atoms with Crippen LogP contribution in [0.2, 0.25) is 0 Å². The van der Waals surface area contributed by atoms with Gasteiger partial charge in [0.25, 0.3) is 0 Å². The summed E-state index contributed by atoms with van der Waals surface area (Å²) >= 11 is 0. The van der Waals surface area contributed by atoms with Crippen LogP contribution in [0.5, 0.6) is 11.6 Å². The lowest BCUT2D eigenvalue weighted by molar-refractivity contribution is 0.463. The van der Waals surface area contributed by atoms with Gasteiger partial charge in [0.2, 0.25) is 5.88 Å². The highest BCUT2D eigenvalue weighted by atomic mass is 16.5. The molecule has 176 valence electrons. The van der Waals surface area contributed by atoms with Gasteiger partial charge >= 0.3 is 0 Å². The minimum atomic E-state index is -0.0456. The first-order chi connectivity index (χ1) is 17.5. The van der Waals surface area contributed by atoms with E-state index in [0.29, 0.717) is 5.88 Å². The third kappa shape index (κ3) is 3.91. The number of fused-ring (bicyclic) bond motifs is 3. The third-order valence-electron chi connectivity index (χ3n) is 6.51. The first-order valence-corrected chi connectivity index (χ1v) is 12.2. The summed E-state index contributed by atoms with van der Waals surface area (Å²) in [6.07, 6.45) is 3.61. The van der Waals surface area contributed by atoms with Gasteiger partial charge in [-0.05, 0) is 52.9 Å². The molecule has 4 nitrogen and oxygen atoms in total. The molecular weight excluding hydrogens is 442 g/mol. The molecule has 3 aromatic carbocycles. The second kappa shape index (κ2) is 8.65. The average molecular weight is 470 g/mol. The lowest BCUT2D eigenvalue weighted by Gasteiger charge is -2.23. The van der Waals surface area contributed by atoms with E-state index in [0.717, 1.165) is 33.7 Å². The van der Waals surface area contributed by atoms with Crippen LogP contribution in [0, 0.1) is 0 Å². The zero-order valence-electron chi connectivity index (χ0n) is 20.6. The molecule has 3 aromatic heterocycles. The summed E-state index contributed by atoms with van der Waals surface area (Å²) in [6.45, 7) is 6.71. The van der Waals surface area contributed by atoms with Gasteiger partial charge in [-0.2, -0.15) is 0 Å². The van der Waals surface area contributed by atoms with Gasteiger partial charge in [0, 0.05) is 34.8 Å². The van der Waals surface area contributed by atoms with Gasteiger partial charge in [0.1, 0.15) is 11.6 Å². The van der Waals surface area contributed by atoms with E-state index in [1.807, 2.05) is 42.6 Å². The van der Waals surface area contributed by atoms with E-state index in [2.05, 4.69) is 91.0 Å². The molecule has 0 atom stereocenters. The summed E-state index contributed by atoms with van der Waals surface area (Å²) in [6, 6.07) is 33.2. The molecule has 0 unspecified atom stereocenters. The molecule has 6 aromatic rings. The minimum Gasteiger partial charge on any atom is -0.439 e. The van der Waals surface area contributed by atoms with Crippen LogP contribution in [0.3, 0.4) is 0 Å². The van der Waals surface area contributed by atoms with E-state index < -0.39 is 0 Å². The smallest absolute Gasteiger partial charge is 0.219 e. The molecule has 0 saturated heterocycles. The Morgan fingerprint density at radius 3 is 2.25 bits per heavy atom. The van der Waals surface area contributed by atoms with Gasteiger partial charge in [-0.3, -0.25) is 4.57 Å². The molecule has 0 aliphatic rings. The number of nitrogens with zero attached hydrogens (tertiary/aromatic N) is 3. The molecule has 0 aliphatic carbocycles. The van der Waals surface area contributed by atoms with E-state index in [1.165, 1.54) is 16.3 Å². The van der Waals surface area contributed by atoms with Crippen molar-refractivity contribution in [2.24, 2.45) is 0 Å². The summed E-state index contributed by atoms with van der Waals surface area (Å²) < 4.78 is 8.30. The number of para-hydroxylation sites is 1. The Hall–Kier alpha value is -4.44. The van der Waals surface area contributed by atoms with E-state index in [1.54, 1.807) is 6.20 Å². The van der Waals surface area contributed by atoms with Crippen LogP contribution in [0.4, 0.5) is 0 Å². The second-order valence-electron chi connectivity index (χ2n) is 10.0. The predicted octanol–water partition coefficient (Wildman–Crippen LogP) is 8.33. The molecule has 0 N–H and O–H groups in total. The van der Waals surface area contributed by atoms with E-state index in [9.17, 15) is 0 Å². The Morgan fingerprint density at radius 1 is 0.639 bits per heavy atom. The Morgan fingerprint density at radius 2 is 1.42 bits per heavy atom. The number of ether oxygens (including phenoxy) is 1. The standard InChI is InChI=1S/C32H27N3O/c1-32(2,3)27-13-9-19-34-31(27)35-28-14-5-4-12-25(28)26-17-16-23(21-29(26)35)22-10-8-11-24(20-22)36-30-15-6-7-18-33-30/h4-21H,1-3H3.